The number of benzene rings is 2. The van der Waals surface area contributed by atoms with Gasteiger partial charge >= 0.3 is 0 Å². The summed E-state index contributed by atoms with van der Waals surface area (Å²) < 4.78 is 16.0. The van der Waals surface area contributed by atoms with Gasteiger partial charge in [0.2, 0.25) is 11.7 Å². The maximum absolute atomic E-state index is 12.1. The lowest BCUT2D eigenvalue weighted by Crippen LogP contribution is -2.23. The number of rotatable bonds is 9. The van der Waals surface area contributed by atoms with Crippen LogP contribution in [0.3, 0.4) is 0 Å². The number of carbonyl (C=O) groups is 1. The molecule has 0 radical (unpaired) electrons. The standard InChI is InChI=1S/C19H22ClNO4S/c1-23-16-9-4-13(18(24-2)19(16)25-3)12-21-17(22)10-11-26-15-7-5-14(20)6-8-15/h4-9H,10-12H2,1-3H3,(H,21,22). The van der Waals surface area contributed by atoms with Crippen molar-refractivity contribution in [3.05, 3.63) is 47.0 Å². The first kappa shape index (κ1) is 20.3. The molecule has 2 rings (SSSR count). The summed E-state index contributed by atoms with van der Waals surface area (Å²) >= 11 is 7.48. The van der Waals surface area contributed by atoms with Gasteiger partial charge in [0.15, 0.2) is 11.5 Å². The van der Waals surface area contributed by atoms with Crippen LogP contribution in [0.25, 0.3) is 0 Å². The van der Waals surface area contributed by atoms with E-state index in [1.165, 1.54) is 0 Å². The average Bonchev–Trinajstić information content (AvgIpc) is 2.66. The van der Waals surface area contributed by atoms with Crippen molar-refractivity contribution in [3.63, 3.8) is 0 Å². The lowest BCUT2D eigenvalue weighted by Gasteiger charge is -2.16. The van der Waals surface area contributed by atoms with Gasteiger partial charge < -0.3 is 19.5 Å². The molecule has 0 heterocycles. The molecule has 0 aliphatic rings. The molecule has 0 spiro atoms. The zero-order valence-corrected chi connectivity index (χ0v) is 16.6. The summed E-state index contributed by atoms with van der Waals surface area (Å²) in [6, 6.07) is 11.2. The van der Waals surface area contributed by atoms with Gasteiger partial charge in [0.25, 0.3) is 0 Å². The number of thioether (sulfide) groups is 1. The molecule has 0 aromatic heterocycles. The number of hydrogen-bond acceptors (Lipinski definition) is 5. The van der Waals surface area contributed by atoms with Crippen LogP contribution in [0.1, 0.15) is 12.0 Å². The van der Waals surface area contributed by atoms with E-state index in [0.29, 0.717) is 41.0 Å². The molecule has 0 fully saturated rings. The Kier molecular flexibility index (Phi) is 7.94. The molecule has 0 bridgehead atoms. The van der Waals surface area contributed by atoms with Crippen molar-refractivity contribution in [1.82, 2.24) is 5.32 Å². The predicted octanol–water partition coefficient (Wildman–Crippen LogP) is 4.16. The molecule has 2 aromatic rings. The molecule has 0 unspecified atom stereocenters. The summed E-state index contributed by atoms with van der Waals surface area (Å²) in [7, 11) is 4.68. The van der Waals surface area contributed by atoms with Crippen molar-refractivity contribution < 1.29 is 19.0 Å². The van der Waals surface area contributed by atoms with Gasteiger partial charge in [-0.05, 0) is 36.4 Å². The fourth-order valence-electron chi connectivity index (χ4n) is 2.38. The van der Waals surface area contributed by atoms with E-state index in [9.17, 15) is 4.79 Å². The molecular formula is C19H22ClNO4S. The van der Waals surface area contributed by atoms with E-state index in [1.807, 2.05) is 30.3 Å². The van der Waals surface area contributed by atoms with Crippen LogP contribution in [-0.4, -0.2) is 33.0 Å². The van der Waals surface area contributed by atoms with Crippen molar-refractivity contribution in [3.8, 4) is 17.2 Å². The van der Waals surface area contributed by atoms with Gasteiger partial charge in [0, 0.05) is 34.2 Å². The van der Waals surface area contributed by atoms with Crippen molar-refractivity contribution >= 4 is 29.3 Å². The Bertz CT molecular complexity index is 737. The highest BCUT2D eigenvalue weighted by Crippen LogP contribution is 2.39. The first-order valence-corrected chi connectivity index (χ1v) is 9.38. The molecule has 0 saturated heterocycles. The normalized spacial score (nSPS) is 10.3. The largest absolute Gasteiger partial charge is 0.493 e. The molecule has 5 nitrogen and oxygen atoms in total. The molecule has 1 N–H and O–H groups in total. The number of hydrogen-bond donors (Lipinski definition) is 1. The van der Waals surface area contributed by atoms with Gasteiger partial charge in [0.05, 0.1) is 21.3 Å². The van der Waals surface area contributed by atoms with Crippen molar-refractivity contribution in [1.29, 1.82) is 0 Å². The molecular weight excluding hydrogens is 374 g/mol. The molecule has 140 valence electrons. The zero-order valence-electron chi connectivity index (χ0n) is 15.0. The molecule has 26 heavy (non-hydrogen) atoms. The molecule has 0 aliphatic heterocycles. The first-order valence-electron chi connectivity index (χ1n) is 8.02. The monoisotopic (exact) mass is 395 g/mol. The summed E-state index contributed by atoms with van der Waals surface area (Å²) in [5.41, 5.74) is 0.823. The number of carbonyl (C=O) groups excluding carboxylic acids is 1. The third kappa shape index (κ3) is 5.47. The second kappa shape index (κ2) is 10.2. The Labute approximate surface area is 163 Å². The minimum Gasteiger partial charge on any atom is -0.493 e. The van der Waals surface area contributed by atoms with Crippen LogP contribution in [0.4, 0.5) is 0 Å². The first-order chi connectivity index (χ1) is 12.6. The zero-order chi connectivity index (χ0) is 18.9. The molecule has 0 aliphatic carbocycles. The van der Waals surface area contributed by atoms with Crippen molar-refractivity contribution in [2.24, 2.45) is 0 Å². The van der Waals surface area contributed by atoms with Gasteiger partial charge in [-0.3, -0.25) is 4.79 Å². The lowest BCUT2D eigenvalue weighted by molar-refractivity contribution is -0.120. The van der Waals surface area contributed by atoms with E-state index in [1.54, 1.807) is 39.2 Å². The average molecular weight is 396 g/mol. The van der Waals surface area contributed by atoms with E-state index < -0.39 is 0 Å². The van der Waals surface area contributed by atoms with E-state index in [4.69, 9.17) is 25.8 Å². The summed E-state index contributed by atoms with van der Waals surface area (Å²) in [5, 5.41) is 3.61. The molecule has 0 saturated carbocycles. The Balaban J connectivity index is 1.87. The van der Waals surface area contributed by atoms with Gasteiger partial charge in [-0.2, -0.15) is 0 Å². The minimum absolute atomic E-state index is 0.0247. The molecule has 7 heteroatoms. The highest BCUT2D eigenvalue weighted by atomic mass is 35.5. The van der Waals surface area contributed by atoms with Crippen molar-refractivity contribution in [2.75, 3.05) is 27.1 Å². The number of halogens is 1. The van der Waals surface area contributed by atoms with Gasteiger partial charge in [-0.15, -0.1) is 11.8 Å². The Hall–Kier alpha value is -2.05. The highest BCUT2D eigenvalue weighted by Gasteiger charge is 2.16. The Morgan fingerprint density at radius 1 is 1.00 bits per heavy atom. The van der Waals surface area contributed by atoms with Crippen LogP contribution >= 0.6 is 23.4 Å². The van der Waals surface area contributed by atoms with Crippen LogP contribution < -0.4 is 19.5 Å². The summed E-state index contributed by atoms with van der Waals surface area (Å²) in [6.45, 7) is 0.355. The lowest BCUT2D eigenvalue weighted by atomic mass is 10.1. The molecule has 1 amide bonds. The summed E-state index contributed by atoms with van der Waals surface area (Å²) in [6.07, 6.45) is 0.420. The van der Waals surface area contributed by atoms with E-state index in [0.717, 1.165) is 10.5 Å². The van der Waals surface area contributed by atoms with Crippen LogP contribution in [0.15, 0.2) is 41.3 Å². The number of nitrogens with one attached hydrogen (secondary N) is 1. The van der Waals surface area contributed by atoms with Gasteiger partial charge in [-0.1, -0.05) is 11.6 Å². The maximum atomic E-state index is 12.1. The Morgan fingerprint density at radius 3 is 2.31 bits per heavy atom. The molecule has 0 atom stereocenters. The fourth-order valence-corrected chi connectivity index (χ4v) is 3.35. The fraction of sp³-hybridized carbons (Fsp3) is 0.316. The Morgan fingerprint density at radius 2 is 1.69 bits per heavy atom. The SMILES string of the molecule is COc1ccc(CNC(=O)CCSc2ccc(Cl)cc2)c(OC)c1OC. The highest BCUT2D eigenvalue weighted by molar-refractivity contribution is 7.99. The van der Waals surface area contributed by atoms with E-state index in [-0.39, 0.29) is 5.91 Å². The second-order valence-corrected chi connectivity index (χ2v) is 6.93. The number of ether oxygens (including phenoxy) is 3. The summed E-state index contributed by atoms with van der Waals surface area (Å²) in [4.78, 5) is 13.2. The van der Waals surface area contributed by atoms with Crippen LogP contribution in [-0.2, 0) is 11.3 Å². The third-order valence-electron chi connectivity index (χ3n) is 3.67. The van der Waals surface area contributed by atoms with Gasteiger partial charge in [-0.25, -0.2) is 0 Å². The second-order valence-electron chi connectivity index (χ2n) is 5.32. The number of amides is 1. The topological polar surface area (TPSA) is 56.8 Å². The minimum atomic E-state index is -0.0247. The van der Waals surface area contributed by atoms with Gasteiger partial charge in [0.1, 0.15) is 0 Å². The smallest absolute Gasteiger partial charge is 0.221 e. The van der Waals surface area contributed by atoms with E-state index >= 15 is 0 Å². The predicted molar refractivity (Wildman–Crippen MR) is 105 cm³/mol. The number of methoxy groups -OCH3 is 3. The van der Waals surface area contributed by atoms with Crippen molar-refractivity contribution in [2.45, 2.75) is 17.9 Å². The van der Waals surface area contributed by atoms with Crippen LogP contribution in [0, 0.1) is 0 Å². The quantitative estimate of drug-likeness (QED) is 0.646. The molecule has 2 aromatic carbocycles. The van der Waals surface area contributed by atoms with Crippen LogP contribution in [0.2, 0.25) is 5.02 Å². The van der Waals surface area contributed by atoms with E-state index in [2.05, 4.69) is 5.32 Å². The third-order valence-corrected chi connectivity index (χ3v) is 4.94. The van der Waals surface area contributed by atoms with Crippen LogP contribution in [0.5, 0.6) is 17.2 Å². The summed E-state index contributed by atoms with van der Waals surface area (Å²) in [5.74, 6) is 2.32. The maximum Gasteiger partial charge on any atom is 0.221 e.